The molecule has 94 valence electrons. The second-order valence-electron chi connectivity index (χ2n) is 2.87. The van der Waals surface area contributed by atoms with Gasteiger partial charge in [0.25, 0.3) is 0 Å². The molecule has 0 bridgehead atoms. The number of rotatable bonds is 7. The number of carbonyl (C=O) groups is 3. The Hall–Kier alpha value is -2.11. The number of hydrogen-bond acceptors (Lipinski definition) is 4. The molecule has 0 aromatic rings. The van der Waals surface area contributed by atoms with Crippen LogP contribution in [-0.4, -0.2) is 37.5 Å². The average Bonchev–Trinajstić information content (AvgIpc) is 2.32. The Morgan fingerprint density at radius 3 is 2.24 bits per heavy atom. The first kappa shape index (κ1) is 14.9. The molecule has 0 unspecified atom stereocenters. The van der Waals surface area contributed by atoms with Crippen molar-refractivity contribution in [2.75, 3.05) is 19.7 Å². The number of carbonyl (C=O) groups excluding carboxylic acids is 3. The van der Waals surface area contributed by atoms with Gasteiger partial charge in [0.1, 0.15) is 0 Å². The Morgan fingerprint density at radius 1 is 1.12 bits per heavy atom. The number of esters is 1. The summed E-state index contributed by atoms with van der Waals surface area (Å²) < 4.78 is 4.59. The number of nitrogens with one attached hydrogen (secondary N) is 2. The molecule has 17 heavy (non-hydrogen) atoms. The van der Waals surface area contributed by atoms with Crippen molar-refractivity contribution in [1.82, 2.24) is 10.6 Å². The zero-order valence-corrected chi connectivity index (χ0v) is 9.69. The van der Waals surface area contributed by atoms with E-state index in [1.165, 1.54) is 0 Å². The van der Waals surface area contributed by atoms with E-state index in [4.69, 9.17) is 0 Å². The van der Waals surface area contributed by atoms with E-state index < -0.39 is 11.9 Å². The van der Waals surface area contributed by atoms with Gasteiger partial charge in [-0.2, -0.15) is 0 Å². The van der Waals surface area contributed by atoms with Crippen LogP contribution in [-0.2, 0) is 19.1 Å². The zero-order chi connectivity index (χ0) is 13.1. The molecule has 0 spiro atoms. The maximum absolute atomic E-state index is 11.1. The molecule has 0 radical (unpaired) electrons. The van der Waals surface area contributed by atoms with Crippen LogP contribution in [0.2, 0.25) is 0 Å². The zero-order valence-electron chi connectivity index (χ0n) is 9.69. The van der Waals surface area contributed by atoms with Crippen LogP contribution >= 0.6 is 0 Å². The van der Waals surface area contributed by atoms with Crippen LogP contribution in [0.1, 0.15) is 6.92 Å². The van der Waals surface area contributed by atoms with Crippen molar-refractivity contribution in [3.8, 4) is 0 Å². The van der Waals surface area contributed by atoms with Crippen LogP contribution in [0, 0.1) is 0 Å². The highest BCUT2D eigenvalue weighted by Gasteiger charge is 1.98. The molecule has 0 aromatic heterocycles. The minimum Gasteiger partial charge on any atom is -0.463 e. The molecular formula is C11H16N2O4. The number of amides is 2. The topological polar surface area (TPSA) is 84.5 Å². The predicted octanol–water partition coefficient (Wildman–Crippen LogP) is -0.476. The summed E-state index contributed by atoms with van der Waals surface area (Å²) in [5.74, 6) is -1.30. The third-order valence-electron chi connectivity index (χ3n) is 1.57. The van der Waals surface area contributed by atoms with Crippen molar-refractivity contribution in [2.45, 2.75) is 6.92 Å². The van der Waals surface area contributed by atoms with Crippen molar-refractivity contribution < 1.29 is 19.1 Å². The van der Waals surface area contributed by atoms with Gasteiger partial charge in [0, 0.05) is 25.2 Å². The lowest BCUT2D eigenvalue weighted by Gasteiger charge is -2.02. The Kier molecular flexibility index (Phi) is 8.01. The van der Waals surface area contributed by atoms with Gasteiger partial charge >= 0.3 is 5.97 Å². The van der Waals surface area contributed by atoms with E-state index in [0.29, 0.717) is 6.54 Å². The van der Waals surface area contributed by atoms with Crippen molar-refractivity contribution >= 4 is 17.8 Å². The molecule has 0 rings (SSSR count). The van der Waals surface area contributed by atoms with Crippen LogP contribution in [0.4, 0.5) is 0 Å². The smallest absolute Gasteiger partial charge is 0.330 e. The fourth-order valence-electron chi connectivity index (χ4n) is 0.837. The maximum atomic E-state index is 11.1. The number of ether oxygens (including phenoxy) is 1. The van der Waals surface area contributed by atoms with Gasteiger partial charge in [0.15, 0.2) is 0 Å². The molecule has 0 saturated heterocycles. The van der Waals surface area contributed by atoms with Crippen LogP contribution in [0.5, 0.6) is 0 Å². The van der Waals surface area contributed by atoms with Crippen LogP contribution in [0.25, 0.3) is 0 Å². The third-order valence-corrected chi connectivity index (χ3v) is 1.57. The first-order valence-electron chi connectivity index (χ1n) is 5.13. The van der Waals surface area contributed by atoms with Crippen LogP contribution in [0.3, 0.4) is 0 Å². The summed E-state index contributed by atoms with van der Waals surface area (Å²) in [4.78, 5) is 32.7. The van der Waals surface area contributed by atoms with E-state index in [1.807, 2.05) is 0 Å². The van der Waals surface area contributed by atoms with Crippen molar-refractivity contribution in [1.29, 1.82) is 0 Å². The summed E-state index contributed by atoms with van der Waals surface area (Å²) in [7, 11) is 0. The molecule has 2 amide bonds. The molecule has 0 aliphatic rings. The quantitative estimate of drug-likeness (QED) is 0.358. The lowest BCUT2D eigenvalue weighted by atomic mass is 10.4. The Labute approximate surface area is 99.7 Å². The summed E-state index contributed by atoms with van der Waals surface area (Å²) >= 11 is 0. The molecule has 0 aliphatic heterocycles. The predicted molar refractivity (Wildman–Crippen MR) is 62.0 cm³/mol. The SMILES string of the molecule is C=CC(=O)NCCNC(=O)/C=C/C(=O)OCC. The maximum Gasteiger partial charge on any atom is 0.330 e. The molecule has 6 nitrogen and oxygen atoms in total. The van der Waals surface area contributed by atoms with Crippen molar-refractivity contribution in [3.63, 3.8) is 0 Å². The van der Waals surface area contributed by atoms with Crippen molar-refractivity contribution in [2.24, 2.45) is 0 Å². The molecule has 0 fully saturated rings. The van der Waals surface area contributed by atoms with Crippen LogP contribution < -0.4 is 10.6 Å². The average molecular weight is 240 g/mol. The first-order chi connectivity index (χ1) is 8.10. The minimum absolute atomic E-state index is 0.262. The van der Waals surface area contributed by atoms with E-state index in [1.54, 1.807) is 6.92 Å². The van der Waals surface area contributed by atoms with E-state index in [0.717, 1.165) is 18.2 Å². The Balaban J connectivity index is 3.69. The van der Waals surface area contributed by atoms with Gasteiger partial charge in [-0.25, -0.2) is 4.79 Å². The van der Waals surface area contributed by atoms with Gasteiger partial charge < -0.3 is 15.4 Å². The summed E-state index contributed by atoms with van der Waals surface area (Å²) in [6.45, 7) is 5.78. The fraction of sp³-hybridized carbons (Fsp3) is 0.364. The van der Waals surface area contributed by atoms with Gasteiger partial charge in [-0.15, -0.1) is 0 Å². The summed E-state index contributed by atoms with van der Waals surface area (Å²) in [6.07, 6.45) is 3.26. The van der Waals surface area contributed by atoms with Gasteiger partial charge in [0.05, 0.1) is 6.61 Å². The lowest BCUT2D eigenvalue weighted by molar-refractivity contribution is -0.137. The molecule has 0 aromatic carbocycles. The van der Waals surface area contributed by atoms with Gasteiger partial charge in [-0.05, 0) is 13.0 Å². The fourth-order valence-corrected chi connectivity index (χ4v) is 0.837. The summed E-state index contributed by atoms with van der Waals surface area (Å²) in [5.41, 5.74) is 0. The highest BCUT2D eigenvalue weighted by atomic mass is 16.5. The van der Waals surface area contributed by atoms with Gasteiger partial charge in [-0.1, -0.05) is 6.58 Å². The van der Waals surface area contributed by atoms with Gasteiger partial charge in [-0.3, -0.25) is 9.59 Å². The first-order valence-corrected chi connectivity index (χ1v) is 5.13. The van der Waals surface area contributed by atoms with E-state index >= 15 is 0 Å². The minimum atomic E-state index is -0.567. The molecular weight excluding hydrogens is 224 g/mol. The Bertz CT molecular complexity index is 323. The molecule has 0 atom stereocenters. The third kappa shape index (κ3) is 8.86. The highest BCUT2D eigenvalue weighted by molar-refractivity contribution is 5.94. The largest absolute Gasteiger partial charge is 0.463 e. The number of hydrogen-bond donors (Lipinski definition) is 2. The highest BCUT2D eigenvalue weighted by Crippen LogP contribution is 1.81. The van der Waals surface area contributed by atoms with Crippen molar-refractivity contribution in [3.05, 3.63) is 24.8 Å². The molecule has 6 heteroatoms. The molecule has 2 N–H and O–H groups in total. The molecule has 0 heterocycles. The van der Waals surface area contributed by atoms with E-state index in [2.05, 4.69) is 21.9 Å². The second-order valence-corrected chi connectivity index (χ2v) is 2.87. The Morgan fingerprint density at radius 2 is 1.71 bits per heavy atom. The normalized spacial score (nSPS) is 9.71. The van der Waals surface area contributed by atoms with Crippen LogP contribution in [0.15, 0.2) is 24.8 Å². The second kappa shape index (κ2) is 9.14. The molecule has 0 saturated carbocycles. The summed E-state index contributed by atoms with van der Waals surface area (Å²) in [6, 6.07) is 0. The van der Waals surface area contributed by atoms with E-state index in [9.17, 15) is 14.4 Å². The monoisotopic (exact) mass is 240 g/mol. The molecule has 0 aliphatic carbocycles. The standard InChI is InChI=1S/C11H16N2O4/c1-3-9(14)12-7-8-13-10(15)5-6-11(16)17-4-2/h3,5-6H,1,4,7-8H2,2H3,(H,12,14)(H,13,15)/b6-5+. The summed E-state index contributed by atoms with van der Waals surface area (Å²) in [5, 5.41) is 4.96. The lowest BCUT2D eigenvalue weighted by Crippen LogP contribution is -2.33. The van der Waals surface area contributed by atoms with E-state index in [-0.39, 0.29) is 19.1 Å². The van der Waals surface area contributed by atoms with Gasteiger partial charge in [0.2, 0.25) is 11.8 Å².